The number of hydrogen-bond donors (Lipinski definition) is 1. The number of aliphatic hydroxyl groups is 1. The molecule has 3 nitrogen and oxygen atoms in total. The van der Waals surface area contributed by atoms with Gasteiger partial charge in [-0.1, -0.05) is 0 Å². The lowest BCUT2D eigenvalue weighted by Gasteiger charge is -2.34. The van der Waals surface area contributed by atoms with Gasteiger partial charge in [0, 0.05) is 20.2 Å². The van der Waals surface area contributed by atoms with Crippen LogP contribution in [-0.4, -0.2) is 43.0 Å². The normalized spacial score (nSPS) is 23.2. The molecule has 0 aromatic rings. The highest BCUT2D eigenvalue weighted by atomic mass is 16.5. The second-order valence-corrected chi connectivity index (χ2v) is 2.11. The Labute approximate surface area is 48.9 Å². The molecule has 0 unspecified atom stereocenters. The van der Waals surface area contributed by atoms with E-state index in [9.17, 15) is 0 Å². The maximum absolute atomic E-state index is 8.75. The molecule has 0 radical (unpaired) electrons. The fraction of sp³-hybridized carbons (Fsp3) is 1.00. The molecule has 0 amide bonds. The Morgan fingerprint density at radius 1 is 1.75 bits per heavy atom. The van der Waals surface area contributed by atoms with Crippen LogP contribution in [0.1, 0.15) is 0 Å². The highest BCUT2D eigenvalue weighted by Crippen LogP contribution is 2.04. The molecule has 1 N–H and O–H groups in total. The first kappa shape index (κ1) is 6.01. The van der Waals surface area contributed by atoms with E-state index < -0.39 is 0 Å². The zero-order chi connectivity index (χ0) is 5.98. The molecule has 1 aliphatic rings. The van der Waals surface area contributed by atoms with Gasteiger partial charge in [0.2, 0.25) is 0 Å². The summed E-state index contributed by atoms with van der Waals surface area (Å²) in [7, 11) is 1.66. The molecule has 0 aromatic heterocycles. The molecular weight excluding hydrogens is 106 g/mol. The summed E-state index contributed by atoms with van der Waals surface area (Å²) in [5, 5.41) is 8.75. The Balaban J connectivity index is 1.98. The zero-order valence-corrected chi connectivity index (χ0v) is 5.00. The minimum atomic E-state index is -0.106. The molecule has 0 spiro atoms. The summed E-state index contributed by atoms with van der Waals surface area (Å²) in [6.07, 6.45) is -0.106. The summed E-state index contributed by atoms with van der Waals surface area (Å²) >= 11 is 0. The Bertz CT molecular complexity index is 68.1. The van der Waals surface area contributed by atoms with Gasteiger partial charge in [-0.15, -0.1) is 0 Å². The van der Waals surface area contributed by atoms with Crippen molar-refractivity contribution in [2.75, 3.05) is 26.9 Å². The maximum Gasteiger partial charge on any atom is 0.0988 e. The van der Waals surface area contributed by atoms with Gasteiger partial charge in [-0.2, -0.15) is 0 Å². The second kappa shape index (κ2) is 2.44. The predicted molar refractivity (Wildman–Crippen MR) is 29.5 cm³/mol. The van der Waals surface area contributed by atoms with Gasteiger partial charge >= 0.3 is 0 Å². The Kier molecular flexibility index (Phi) is 1.83. The van der Waals surface area contributed by atoms with Crippen molar-refractivity contribution in [3.8, 4) is 0 Å². The van der Waals surface area contributed by atoms with Gasteiger partial charge in [0.05, 0.1) is 12.8 Å². The average Bonchev–Trinajstić information content (AvgIpc) is 1.64. The van der Waals surface area contributed by atoms with Crippen LogP contribution in [-0.2, 0) is 4.74 Å². The van der Waals surface area contributed by atoms with Crippen LogP contribution >= 0.6 is 0 Å². The van der Waals surface area contributed by atoms with Crippen LogP contribution in [0.15, 0.2) is 0 Å². The highest BCUT2D eigenvalue weighted by molar-refractivity contribution is 4.75. The third kappa shape index (κ3) is 1.18. The van der Waals surface area contributed by atoms with Crippen LogP contribution in [0.3, 0.4) is 0 Å². The molecule has 0 aromatic carbocycles. The summed E-state index contributed by atoms with van der Waals surface area (Å²) in [5.41, 5.74) is 0. The van der Waals surface area contributed by atoms with Crippen LogP contribution in [0.4, 0.5) is 0 Å². The standard InChI is InChI=1S/C5H11NO2/c1-8-4-6-2-5(7)3-6/h5,7H,2-4H2,1H3. The third-order valence-electron chi connectivity index (χ3n) is 1.25. The molecule has 0 saturated carbocycles. The molecule has 1 aliphatic heterocycles. The van der Waals surface area contributed by atoms with Crippen LogP contribution in [0.2, 0.25) is 0 Å². The van der Waals surface area contributed by atoms with E-state index >= 15 is 0 Å². The maximum atomic E-state index is 8.75. The number of ether oxygens (including phenoxy) is 1. The minimum Gasteiger partial charge on any atom is -0.390 e. The molecule has 8 heavy (non-hydrogen) atoms. The monoisotopic (exact) mass is 117 g/mol. The molecule has 48 valence electrons. The van der Waals surface area contributed by atoms with E-state index in [1.165, 1.54) is 0 Å². The topological polar surface area (TPSA) is 32.7 Å². The van der Waals surface area contributed by atoms with E-state index in [4.69, 9.17) is 9.84 Å². The molecule has 0 aliphatic carbocycles. The van der Waals surface area contributed by atoms with Gasteiger partial charge in [-0.3, -0.25) is 4.90 Å². The fourth-order valence-electron chi connectivity index (χ4n) is 0.831. The van der Waals surface area contributed by atoms with E-state index in [0.717, 1.165) is 13.1 Å². The quantitative estimate of drug-likeness (QED) is 0.517. The lowest BCUT2D eigenvalue weighted by Crippen LogP contribution is -2.51. The van der Waals surface area contributed by atoms with Crippen LogP contribution in [0.25, 0.3) is 0 Å². The summed E-state index contributed by atoms with van der Waals surface area (Å²) in [4.78, 5) is 2.03. The molecule has 0 bridgehead atoms. The predicted octanol–water partition coefficient (Wildman–Crippen LogP) is -0.733. The van der Waals surface area contributed by atoms with Gasteiger partial charge in [-0.05, 0) is 0 Å². The molecule has 1 fully saturated rings. The van der Waals surface area contributed by atoms with Crippen molar-refractivity contribution in [2.24, 2.45) is 0 Å². The number of methoxy groups -OCH3 is 1. The minimum absolute atomic E-state index is 0.106. The summed E-state index contributed by atoms with van der Waals surface area (Å²) in [5.74, 6) is 0. The van der Waals surface area contributed by atoms with Crippen molar-refractivity contribution in [2.45, 2.75) is 6.10 Å². The molecule has 1 heterocycles. The average molecular weight is 117 g/mol. The van der Waals surface area contributed by atoms with Gasteiger partial charge < -0.3 is 9.84 Å². The zero-order valence-electron chi connectivity index (χ0n) is 5.00. The summed E-state index contributed by atoms with van der Waals surface area (Å²) in [6.45, 7) is 2.19. The summed E-state index contributed by atoms with van der Waals surface area (Å²) in [6, 6.07) is 0. The van der Waals surface area contributed by atoms with Crippen molar-refractivity contribution in [3.63, 3.8) is 0 Å². The van der Waals surface area contributed by atoms with Crippen molar-refractivity contribution in [1.82, 2.24) is 4.90 Å². The van der Waals surface area contributed by atoms with Gasteiger partial charge in [0.1, 0.15) is 0 Å². The molecule has 1 saturated heterocycles. The van der Waals surface area contributed by atoms with Gasteiger partial charge in [0.25, 0.3) is 0 Å². The van der Waals surface area contributed by atoms with E-state index in [1.54, 1.807) is 7.11 Å². The van der Waals surface area contributed by atoms with Crippen LogP contribution in [0.5, 0.6) is 0 Å². The van der Waals surface area contributed by atoms with Crippen molar-refractivity contribution in [1.29, 1.82) is 0 Å². The van der Waals surface area contributed by atoms with E-state index in [-0.39, 0.29) is 6.10 Å². The number of hydrogen-bond acceptors (Lipinski definition) is 3. The lowest BCUT2D eigenvalue weighted by molar-refractivity contribution is -0.0570. The number of β-amino-alcohol motifs (C(OH)–C–C–N with tert-alkyl or cyclic N) is 1. The molecule has 0 atom stereocenters. The third-order valence-corrected chi connectivity index (χ3v) is 1.25. The first-order chi connectivity index (χ1) is 3.83. The molecule has 1 rings (SSSR count). The second-order valence-electron chi connectivity index (χ2n) is 2.11. The fourth-order valence-corrected chi connectivity index (χ4v) is 0.831. The smallest absolute Gasteiger partial charge is 0.0988 e. The first-order valence-electron chi connectivity index (χ1n) is 2.72. The lowest BCUT2D eigenvalue weighted by atomic mass is 10.2. The SMILES string of the molecule is COCN1CC(O)C1. The van der Waals surface area contributed by atoms with Crippen molar-refractivity contribution < 1.29 is 9.84 Å². The van der Waals surface area contributed by atoms with Crippen LogP contribution < -0.4 is 0 Å². The van der Waals surface area contributed by atoms with Crippen molar-refractivity contribution >= 4 is 0 Å². The molecule has 3 heteroatoms. The van der Waals surface area contributed by atoms with Crippen molar-refractivity contribution in [3.05, 3.63) is 0 Å². The summed E-state index contributed by atoms with van der Waals surface area (Å²) < 4.78 is 4.81. The number of nitrogens with zero attached hydrogens (tertiary/aromatic N) is 1. The molecular formula is C5H11NO2. The largest absolute Gasteiger partial charge is 0.390 e. The Morgan fingerprint density at radius 2 is 2.38 bits per heavy atom. The van der Waals surface area contributed by atoms with E-state index in [2.05, 4.69) is 0 Å². The van der Waals surface area contributed by atoms with Gasteiger partial charge in [0.15, 0.2) is 0 Å². The number of likely N-dealkylation sites (tertiary alicyclic amines) is 1. The Hall–Kier alpha value is -0.120. The Morgan fingerprint density at radius 3 is 2.75 bits per heavy atom. The number of aliphatic hydroxyl groups excluding tert-OH is 1. The number of rotatable bonds is 2. The van der Waals surface area contributed by atoms with Crippen LogP contribution in [0, 0.1) is 0 Å². The van der Waals surface area contributed by atoms with Gasteiger partial charge in [-0.25, -0.2) is 0 Å². The highest BCUT2D eigenvalue weighted by Gasteiger charge is 2.22. The van der Waals surface area contributed by atoms with E-state index in [0.29, 0.717) is 6.73 Å². The first-order valence-corrected chi connectivity index (χ1v) is 2.72. The van der Waals surface area contributed by atoms with E-state index in [1.807, 2.05) is 4.90 Å².